The largest absolute Gasteiger partial charge is 0.348 e. The maximum absolute atomic E-state index is 12.5. The van der Waals surface area contributed by atoms with E-state index in [0.29, 0.717) is 36.6 Å². The average molecular weight is 423 g/mol. The van der Waals surface area contributed by atoms with E-state index in [0.717, 1.165) is 12.8 Å². The molecule has 4 amide bonds. The van der Waals surface area contributed by atoms with Gasteiger partial charge in [-0.1, -0.05) is 0 Å². The van der Waals surface area contributed by atoms with Gasteiger partial charge >= 0.3 is 11.8 Å². The van der Waals surface area contributed by atoms with Crippen LogP contribution in [0, 0.1) is 5.92 Å². The molecule has 0 bridgehead atoms. The zero-order chi connectivity index (χ0) is 22.2. The minimum atomic E-state index is -0.752. The maximum Gasteiger partial charge on any atom is 0.313 e. The van der Waals surface area contributed by atoms with Crippen LogP contribution in [0.3, 0.4) is 0 Å². The van der Waals surface area contributed by atoms with Gasteiger partial charge in [0.05, 0.1) is 0 Å². The quantitative estimate of drug-likeness (QED) is 0.632. The lowest BCUT2D eigenvalue weighted by molar-refractivity contribution is -0.136. The van der Waals surface area contributed by atoms with Gasteiger partial charge in [-0.05, 0) is 55.2 Å². The second-order valence-corrected chi connectivity index (χ2v) is 7.39. The fourth-order valence-corrected chi connectivity index (χ4v) is 3.36. The Kier molecular flexibility index (Phi) is 7.31. The summed E-state index contributed by atoms with van der Waals surface area (Å²) < 4.78 is 0. The maximum atomic E-state index is 12.5. The molecule has 2 heterocycles. The molecular weight excluding hydrogens is 398 g/mol. The fraction of sp³-hybridized carbons (Fsp3) is 0.318. The molecule has 0 atom stereocenters. The smallest absolute Gasteiger partial charge is 0.313 e. The van der Waals surface area contributed by atoms with Crippen LogP contribution in [0.5, 0.6) is 0 Å². The van der Waals surface area contributed by atoms with Gasteiger partial charge in [0.2, 0.25) is 5.91 Å². The van der Waals surface area contributed by atoms with E-state index in [1.165, 1.54) is 6.92 Å². The van der Waals surface area contributed by atoms with Crippen molar-refractivity contribution in [1.82, 2.24) is 15.2 Å². The van der Waals surface area contributed by atoms with Crippen LogP contribution < -0.4 is 16.0 Å². The number of likely N-dealkylation sites (tertiary alicyclic amines) is 1. The number of benzene rings is 1. The molecule has 1 aliphatic heterocycles. The number of nitrogens with one attached hydrogen (secondary N) is 3. The molecule has 0 radical (unpaired) electrons. The summed E-state index contributed by atoms with van der Waals surface area (Å²) in [5.74, 6) is -1.47. The Morgan fingerprint density at radius 3 is 2.06 bits per heavy atom. The molecule has 3 rings (SSSR count). The van der Waals surface area contributed by atoms with E-state index in [1.54, 1.807) is 53.7 Å². The van der Waals surface area contributed by atoms with E-state index >= 15 is 0 Å². The normalized spacial score (nSPS) is 13.9. The lowest BCUT2D eigenvalue weighted by Crippen LogP contribution is -2.43. The molecule has 9 heteroatoms. The second-order valence-electron chi connectivity index (χ2n) is 7.39. The van der Waals surface area contributed by atoms with Crippen LogP contribution in [0.25, 0.3) is 0 Å². The number of piperidine rings is 1. The van der Waals surface area contributed by atoms with Crippen LogP contribution in [-0.2, 0) is 14.4 Å². The SMILES string of the molecule is CC(=O)Nc1ccc(NC(=O)C(=O)NCC2CCN(C(=O)c3ccncc3)CC2)cc1. The Bertz CT molecular complexity index is 938. The van der Waals surface area contributed by atoms with E-state index in [9.17, 15) is 19.2 Å². The molecule has 2 aromatic rings. The minimum absolute atomic E-state index is 0.0196. The van der Waals surface area contributed by atoms with E-state index in [1.807, 2.05) is 0 Å². The van der Waals surface area contributed by atoms with Crippen LogP contribution in [0.15, 0.2) is 48.8 Å². The molecule has 9 nitrogen and oxygen atoms in total. The first kappa shape index (κ1) is 21.9. The molecule has 1 fully saturated rings. The van der Waals surface area contributed by atoms with Crippen LogP contribution in [0.1, 0.15) is 30.1 Å². The van der Waals surface area contributed by atoms with Crippen molar-refractivity contribution in [3.63, 3.8) is 0 Å². The van der Waals surface area contributed by atoms with Crippen molar-refractivity contribution in [3.8, 4) is 0 Å². The van der Waals surface area contributed by atoms with E-state index in [-0.39, 0.29) is 17.7 Å². The van der Waals surface area contributed by atoms with Crippen LogP contribution in [0.4, 0.5) is 11.4 Å². The van der Waals surface area contributed by atoms with Gasteiger partial charge in [0.25, 0.3) is 5.91 Å². The third kappa shape index (κ3) is 6.36. The van der Waals surface area contributed by atoms with Crippen molar-refractivity contribution in [2.75, 3.05) is 30.3 Å². The zero-order valence-electron chi connectivity index (χ0n) is 17.3. The predicted octanol–water partition coefficient (Wildman–Crippen LogP) is 1.65. The summed E-state index contributed by atoms with van der Waals surface area (Å²) in [6.45, 7) is 3.00. The number of aromatic nitrogens is 1. The van der Waals surface area contributed by atoms with Gasteiger partial charge in [0.15, 0.2) is 0 Å². The minimum Gasteiger partial charge on any atom is -0.348 e. The van der Waals surface area contributed by atoms with Gasteiger partial charge in [-0.2, -0.15) is 0 Å². The Hall–Kier alpha value is -3.75. The number of nitrogens with zero attached hydrogens (tertiary/aromatic N) is 2. The zero-order valence-corrected chi connectivity index (χ0v) is 17.3. The molecule has 1 aliphatic rings. The highest BCUT2D eigenvalue weighted by atomic mass is 16.2. The summed E-state index contributed by atoms with van der Waals surface area (Å²) in [7, 11) is 0. The van der Waals surface area contributed by atoms with Crippen molar-refractivity contribution >= 4 is 35.0 Å². The number of amides is 4. The first-order chi connectivity index (χ1) is 14.9. The summed E-state index contributed by atoms with van der Waals surface area (Å²) >= 11 is 0. The monoisotopic (exact) mass is 423 g/mol. The average Bonchev–Trinajstić information content (AvgIpc) is 2.79. The van der Waals surface area contributed by atoms with Crippen molar-refractivity contribution in [1.29, 1.82) is 0 Å². The molecule has 0 saturated carbocycles. The molecule has 0 unspecified atom stereocenters. The van der Waals surface area contributed by atoms with Gasteiger partial charge in [0, 0.05) is 55.9 Å². The number of anilines is 2. The number of rotatable bonds is 5. The number of hydrogen-bond acceptors (Lipinski definition) is 5. The summed E-state index contributed by atoms with van der Waals surface area (Å²) in [4.78, 5) is 53.4. The first-order valence-corrected chi connectivity index (χ1v) is 10.1. The van der Waals surface area contributed by atoms with E-state index in [2.05, 4.69) is 20.9 Å². The Labute approximate surface area is 180 Å². The highest BCUT2D eigenvalue weighted by Crippen LogP contribution is 2.18. The highest BCUT2D eigenvalue weighted by molar-refractivity contribution is 6.39. The number of pyridine rings is 1. The van der Waals surface area contributed by atoms with Gasteiger partial charge in [-0.25, -0.2) is 0 Å². The van der Waals surface area contributed by atoms with Crippen molar-refractivity contribution in [3.05, 3.63) is 54.4 Å². The van der Waals surface area contributed by atoms with Gasteiger partial charge in [-0.3, -0.25) is 24.2 Å². The lowest BCUT2D eigenvalue weighted by atomic mass is 9.96. The topological polar surface area (TPSA) is 121 Å². The Balaban J connectivity index is 1.40. The van der Waals surface area contributed by atoms with Crippen LogP contribution in [-0.4, -0.2) is 53.1 Å². The molecular formula is C22H25N5O4. The number of hydrogen-bond donors (Lipinski definition) is 3. The Morgan fingerprint density at radius 2 is 1.48 bits per heavy atom. The van der Waals surface area contributed by atoms with Crippen LogP contribution >= 0.6 is 0 Å². The van der Waals surface area contributed by atoms with Gasteiger partial charge in [0.1, 0.15) is 0 Å². The third-order valence-corrected chi connectivity index (χ3v) is 5.05. The fourth-order valence-electron chi connectivity index (χ4n) is 3.36. The number of carbonyl (C=O) groups is 4. The molecule has 1 aromatic carbocycles. The van der Waals surface area contributed by atoms with Crippen molar-refractivity contribution in [2.24, 2.45) is 5.92 Å². The lowest BCUT2D eigenvalue weighted by Gasteiger charge is -2.32. The second kappa shape index (κ2) is 10.3. The van der Waals surface area contributed by atoms with Gasteiger partial charge < -0.3 is 20.9 Å². The number of carbonyl (C=O) groups excluding carboxylic acids is 4. The van der Waals surface area contributed by atoms with Crippen molar-refractivity contribution in [2.45, 2.75) is 19.8 Å². The third-order valence-electron chi connectivity index (χ3n) is 5.05. The first-order valence-electron chi connectivity index (χ1n) is 10.1. The molecule has 0 aliphatic carbocycles. The molecule has 1 aromatic heterocycles. The van der Waals surface area contributed by atoms with Crippen LogP contribution in [0.2, 0.25) is 0 Å². The summed E-state index contributed by atoms with van der Waals surface area (Å²) in [5, 5.41) is 7.82. The summed E-state index contributed by atoms with van der Waals surface area (Å²) in [6, 6.07) is 9.87. The summed E-state index contributed by atoms with van der Waals surface area (Å²) in [6.07, 6.45) is 4.70. The highest BCUT2D eigenvalue weighted by Gasteiger charge is 2.24. The summed E-state index contributed by atoms with van der Waals surface area (Å²) in [5.41, 5.74) is 1.67. The van der Waals surface area contributed by atoms with E-state index < -0.39 is 11.8 Å². The predicted molar refractivity (Wildman–Crippen MR) is 115 cm³/mol. The standard InChI is InChI=1S/C22H25N5O4/c1-15(28)25-18-2-4-19(5-3-18)26-21(30)20(29)24-14-16-8-12-27(13-9-16)22(31)17-6-10-23-11-7-17/h2-7,10-11,16H,8-9,12-14H2,1H3,(H,24,29)(H,25,28)(H,26,30). The molecule has 162 valence electrons. The van der Waals surface area contributed by atoms with E-state index in [4.69, 9.17) is 0 Å². The molecule has 31 heavy (non-hydrogen) atoms. The Morgan fingerprint density at radius 1 is 0.903 bits per heavy atom. The van der Waals surface area contributed by atoms with Crippen molar-refractivity contribution < 1.29 is 19.2 Å². The molecule has 1 saturated heterocycles. The molecule has 0 spiro atoms. The van der Waals surface area contributed by atoms with Gasteiger partial charge in [-0.15, -0.1) is 0 Å². The molecule has 3 N–H and O–H groups in total.